The molecule has 3 heterocycles. The second-order valence-corrected chi connectivity index (χ2v) is 7.15. The molecular formula is C20H21N5O. The largest absolute Gasteiger partial charge is 0.497 e. The number of fused-ring (bicyclic) bond motifs is 3. The number of H-pyrrole nitrogens is 1. The van der Waals surface area contributed by atoms with E-state index < -0.39 is 0 Å². The van der Waals surface area contributed by atoms with E-state index in [1.54, 1.807) is 13.3 Å². The Morgan fingerprint density at radius 3 is 2.88 bits per heavy atom. The first-order valence-electron chi connectivity index (χ1n) is 9.12. The average Bonchev–Trinajstić information content (AvgIpc) is 3.40. The van der Waals surface area contributed by atoms with E-state index in [1.807, 2.05) is 24.4 Å². The molecule has 4 aromatic rings. The molecule has 0 radical (unpaired) electrons. The van der Waals surface area contributed by atoms with Crippen LogP contribution in [0.1, 0.15) is 36.6 Å². The van der Waals surface area contributed by atoms with Crippen LogP contribution in [0.2, 0.25) is 0 Å². The van der Waals surface area contributed by atoms with Crippen LogP contribution in [-0.4, -0.2) is 31.7 Å². The van der Waals surface area contributed by atoms with Crippen molar-refractivity contribution in [2.75, 3.05) is 7.11 Å². The van der Waals surface area contributed by atoms with E-state index >= 15 is 0 Å². The third-order valence-corrected chi connectivity index (χ3v) is 5.56. The van der Waals surface area contributed by atoms with Gasteiger partial charge in [-0.05, 0) is 55.4 Å². The van der Waals surface area contributed by atoms with Gasteiger partial charge in [0.2, 0.25) is 0 Å². The molecule has 2 atom stereocenters. The number of hydrogen-bond acceptors (Lipinski definition) is 4. The Labute approximate surface area is 151 Å². The number of aromatic amines is 1. The van der Waals surface area contributed by atoms with Crippen molar-refractivity contribution in [2.24, 2.45) is 5.92 Å². The van der Waals surface area contributed by atoms with Gasteiger partial charge >= 0.3 is 0 Å². The summed E-state index contributed by atoms with van der Waals surface area (Å²) >= 11 is 0. The van der Waals surface area contributed by atoms with Crippen LogP contribution in [0, 0.1) is 5.92 Å². The van der Waals surface area contributed by atoms with Crippen molar-refractivity contribution < 1.29 is 4.74 Å². The third kappa shape index (κ3) is 2.53. The Kier molecular flexibility index (Phi) is 3.62. The highest BCUT2D eigenvalue weighted by Crippen LogP contribution is 2.39. The summed E-state index contributed by atoms with van der Waals surface area (Å²) in [5.74, 6) is 3.12. The van der Waals surface area contributed by atoms with E-state index in [-0.39, 0.29) is 0 Å². The van der Waals surface area contributed by atoms with Gasteiger partial charge in [0.05, 0.1) is 18.8 Å². The normalized spacial score (nSPS) is 20.2. The number of aromatic nitrogens is 5. The molecule has 1 aliphatic rings. The van der Waals surface area contributed by atoms with Gasteiger partial charge in [0.25, 0.3) is 0 Å². The number of methoxy groups -OCH3 is 1. The Hall–Kier alpha value is -2.89. The fourth-order valence-electron chi connectivity index (χ4n) is 4.25. The zero-order valence-electron chi connectivity index (χ0n) is 14.7. The lowest BCUT2D eigenvalue weighted by atomic mass is 9.96. The Morgan fingerprint density at radius 2 is 2.04 bits per heavy atom. The minimum absolute atomic E-state index is 0.453. The molecule has 0 spiro atoms. The minimum Gasteiger partial charge on any atom is -0.497 e. The molecule has 6 nitrogen and oxygen atoms in total. The van der Waals surface area contributed by atoms with E-state index in [4.69, 9.17) is 4.74 Å². The molecule has 5 rings (SSSR count). The Morgan fingerprint density at radius 1 is 1.15 bits per heavy atom. The third-order valence-electron chi connectivity index (χ3n) is 5.56. The lowest BCUT2D eigenvalue weighted by Gasteiger charge is -2.11. The Bertz CT molecular complexity index is 1050. The van der Waals surface area contributed by atoms with Crippen molar-refractivity contribution in [1.29, 1.82) is 0 Å². The summed E-state index contributed by atoms with van der Waals surface area (Å²) in [5, 5.41) is 8.86. The summed E-state index contributed by atoms with van der Waals surface area (Å²) in [4.78, 5) is 7.58. The van der Waals surface area contributed by atoms with Crippen LogP contribution in [0.15, 0.2) is 42.7 Å². The van der Waals surface area contributed by atoms with Gasteiger partial charge in [0.15, 0.2) is 11.3 Å². The predicted molar refractivity (Wildman–Crippen MR) is 99.4 cm³/mol. The van der Waals surface area contributed by atoms with Gasteiger partial charge in [-0.1, -0.05) is 12.1 Å². The first kappa shape index (κ1) is 15.4. The highest BCUT2D eigenvalue weighted by atomic mass is 16.5. The smallest absolute Gasteiger partial charge is 0.179 e. The van der Waals surface area contributed by atoms with Crippen molar-refractivity contribution in [2.45, 2.75) is 31.6 Å². The molecule has 1 N–H and O–H groups in total. The maximum Gasteiger partial charge on any atom is 0.179 e. The zero-order chi connectivity index (χ0) is 17.5. The van der Waals surface area contributed by atoms with Gasteiger partial charge < -0.3 is 9.72 Å². The molecule has 1 aromatic carbocycles. The van der Waals surface area contributed by atoms with Crippen LogP contribution in [0.4, 0.5) is 0 Å². The lowest BCUT2D eigenvalue weighted by molar-refractivity contribution is 0.414. The van der Waals surface area contributed by atoms with Crippen LogP contribution in [0.5, 0.6) is 5.75 Å². The van der Waals surface area contributed by atoms with Gasteiger partial charge in [0.1, 0.15) is 11.6 Å². The van der Waals surface area contributed by atoms with Crippen molar-refractivity contribution >= 4 is 16.8 Å². The van der Waals surface area contributed by atoms with Crippen molar-refractivity contribution in [3.05, 3.63) is 54.1 Å². The van der Waals surface area contributed by atoms with Gasteiger partial charge in [-0.2, -0.15) is 0 Å². The summed E-state index contributed by atoms with van der Waals surface area (Å²) in [6.45, 7) is 0. The fraction of sp³-hybridized carbons (Fsp3) is 0.350. The zero-order valence-corrected chi connectivity index (χ0v) is 14.7. The van der Waals surface area contributed by atoms with E-state index in [0.29, 0.717) is 11.8 Å². The standard InChI is InChI=1S/C20H21N5O/c1-26-16-6-3-13(4-7-16)10-14-2-5-15(11-14)20-24-23-18-12-22-19-17(25(18)20)8-9-21-19/h3-4,6-9,12,14-15,21H,2,5,10-11H2,1H3/t14-,15+/m0/s1. The minimum atomic E-state index is 0.453. The van der Waals surface area contributed by atoms with Crippen LogP contribution in [0.3, 0.4) is 0 Å². The van der Waals surface area contributed by atoms with E-state index in [2.05, 4.69) is 36.7 Å². The lowest BCUT2D eigenvalue weighted by Crippen LogP contribution is -2.04. The van der Waals surface area contributed by atoms with E-state index in [1.165, 1.54) is 12.0 Å². The van der Waals surface area contributed by atoms with Crippen molar-refractivity contribution in [3.8, 4) is 5.75 Å². The molecule has 1 aliphatic carbocycles. The first-order valence-corrected chi connectivity index (χ1v) is 9.12. The SMILES string of the molecule is COc1ccc(C[C@@H]2CC[C@@H](c3nnc4cnc5[nH]ccc5n34)C2)cc1. The van der Waals surface area contributed by atoms with Gasteiger partial charge in [-0.15, -0.1) is 10.2 Å². The topological polar surface area (TPSA) is 68.1 Å². The number of hydrogen-bond donors (Lipinski definition) is 1. The van der Waals surface area contributed by atoms with Crippen LogP contribution < -0.4 is 4.74 Å². The molecule has 1 fully saturated rings. The number of benzene rings is 1. The first-order chi connectivity index (χ1) is 12.8. The fourth-order valence-corrected chi connectivity index (χ4v) is 4.25. The maximum atomic E-state index is 5.25. The van der Waals surface area contributed by atoms with Crippen LogP contribution >= 0.6 is 0 Å². The summed E-state index contributed by atoms with van der Waals surface area (Å²) < 4.78 is 7.41. The molecule has 0 bridgehead atoms. The number of nitrogens with zero attached hydrogens (tertiary/aromatic N) is 4. The molecule has 132 valence electrons. The molecule has 1 saturated carbocycles. The predicted octanol–water partition coefficient (Wildman–Crippen LogP) is 3.74. The highest BCUT2D eigenvalue weighted by molar-refractivity contribution is 5.74. The monoisotopic (exact) mass is 347 g/mol. The van der Waals surface area contributed by atoms with Crippen molar-refractivity contribution in [3.63, 3.8) is 0 Å². The molecule has 6 heteroatoms. The van der Waals surface area contributed by atoms with E-state index in [9.17, 15) is 0 Å². The quantitative estimate of drug-likeness (QED) is 0.611. The van der Waals surface area contributed by atoms with Crippen LogP contribution in [-0.2, 0) is 6.42 Å². The summed E-state index contributed by atoms with van der Waals surface area (Å²) in [5.41, 5.74) is 4.14. The van der Waals surface area contributed by atoms with Gasteiger partial charge in [0, 0.05) is 12.1 Å². The second-order valence-electron chi connectivity index (χ2n) is 7.15. The molecule has 0 unspecified atom stereocenters. The molecule has 0 aliphatic heterocycles. The molecule has 0 saturated heterocycles. The van der Waals surface area contributed by atoms with Gasteiger partial charge in [-0.25, -0.2) is 4.98 Å². The average molecular weight is 347 g/mol. The number of rotatable bonds is 4. The molecule has 26 heavy (non-hydrogen) atoms. The second kappa shape index (κ2) is 6.12. The summed E-state index contributed by atoms with van der Waals surface area (Å²) in [7, 11) is 1.70. The molecule has 3 aromatic heterocycles. The Balaban J connectivity index is 1.38. The number of nitrogens with one attached hydrogen (secondary N) is 1. The molecule has 0 amide bonds. The van der Waals surface area contributed by atoms with Crippen molar-refractivity contribution in [1.82, 2.24) is 24.6 Å². The van der Waals surface area contributed by atoms with E-state index in [0.717, 1.165) is 47.6 Å². The van der Waals surface area contributed by atoms with Crippen LogP contribution in [0.25, 0.3) is 16.8 Å². The summed E-state index contributed by atoms with van der Waals surface area (Å²) in [6, 6.07) is 10.5. The number of ether oxygens (including phenoxy) is 1. The highest BCUT2D eigenvalue weighted by Gasteiger charge is 2.30. The molecular weight excluding hydrogens is 326 g/mol. The van der Waals surface area contributed by atoms with Gasteiger partial charge in [-0.3, -0.25) is 4.40 Å². The maximum absolute atomic E-state index is 5.25. The summed E-state index contributed by atoms with van der Waals surface area (Å²) in [6.07, 6.45) is 8.36.